The summed E-state index contributed by atoms with van der Waals surface area (Å²) in [6, 6.07) is 0. The molecule has 0 radical (unpaired) electrons. The molecule has 0 aliphatic carbocycles. The molecule has 1 amide bonds. The zero-order valence-corrected chi connectivity index (χ0v) is 13.7. The molecule has 2 rings (SSSR count). The van der Waals surface area contributed by atoms with Gasteiger partial charge in [0.1, 0.15) is 9.88 Å². The number of thiophene rings is 1. The number of aliphatic hydroxyl groups excluding tert-OH is 1. The van der Waals surface area contributed by atoms with E-state index in [1.54, 1.807) is 17.8 Å². The molecule has 0 spiro atoms. The largest absolute Gasteiger partial charge is 0.396 e. The number of piperidine rings is 1. The first kappa shape index (κ1) is 16.2. The van der Waals surface area contributed by atoms with E-state index in [1.807, 2.05) is 6.26 Å². The summed E-state index contributed by atoms with van der Waals surface area (Å²) < 4.78 is 0. The van der Waals surface area contributed by atoms with Gasteiger partial charge in [0.25, 0.3) is 5.91 Å². The lowest BCUT2D eigenvalue weighted by Gasteiger charge is -2.30. The number of carbonyl (C=O) groups excluding carboxylic acids is 1. The number of hydrogen-bond donors (Lipinski definition) is 3. The van der Waals surface area contributed by atoms with Gasteiger partial charge in [0.2, 0.25) is 0 Å². The first-order valence-electron chi connectivity index (χ1n) is 6.86. The van der Waals surface area contributed by atoms with E-state index in [-0.39, 0.29) is 12.0 Å². The molecule has 21 heavy (non-hydrogen) atoms. The van der Waals surface area contributed by atoms with Crippen LogP contribution in [0.3, 0.4) is 0 Å². The Morgan fingerprint density at radius 1 is 1.62 bits per heavy atom. The van der Waals surface area contributed by atoms with Gasteiger partial charge < -0.3 is 21.1 Å². The molecule has 0 saturated carbocycles. The fourth-order valence-corrected chi connectivity index (χ4v) is 4.45. The molecular weight excluding hydrogens is 306 g/mol. The minimum absolute atomic E-state index is 0.156. The summed E-state index contributed by atoms with van der Waals surface area (Å²) in [5.74, 6) is -0.156. The molecule has 0 atom stereocenters. The van der Waals surface area contributed by atoms with E-state index in [4.69, 9.17) is 5.73 Å². The summed E-state index contributed by atoms with van der Waals surface area (Å²) in [7, 11) is 0. The van der Waals surface area contributed by atoms with Gasteiger partial charge in [-0.3, -0.25) is 4.79 Å². The summed E-state index contributed by atoms with van der Waals surface area (Å²) >= 11 is 2.99. The van der Waals surface area contributed by atoms with Gasteiger partial charge in [-0.1, -0.05) is 6.08 Å². The van der Waals surface area contributed by atoms with Gasteiger partial charge >= 0.3 is 0 Å². The molecule has 1 aliphatic heterocycles. The second kappa shape index (κ2) is 7.20. The fourth-order valence-electron chi connectivity index (χ4n) is 2.30. The van der Waals surface area contributed by atoms with Crippen molar-refractivity contribution in [3.05, 3.63) is 17.5 Å². The molecular formula is C14H21N3O2S2. The summed E-state index contributed by atoms with van der Waals surface area (Å²) in [5, 5.41) is 13.4. The van der Waals surface area contributed by atoms with Crippen LogP contribution in [0.2, 0.25) is 0 Å². The van der Waals surface area contributed by atoms with E-state index in [2.05, 4.69) is 16.8 Å². The topological polar surface area (TPSA) is 78.6 Å². The molecule has 5 nitrogen and oxygen atoms in total. The lowest BCUT2D eigenvalue weighted by molar-refractivity contribution is 0.0962. The van der Waals surface area contributed by atoms with Gasteiger partial charge in [-0.15, -0.1) is 29.7 Å². The Morgan fingerprint density at radius 3 is 2.86 bits per heavy atom. The molecule has 1 saturated heterocycles. The Morgan fingerprint density at radius 2 is 2.29 bits per heavy atom. The van der Waals surface area contributed by atoms with Gasteiger partial charge in [0, 0.05) is 19.6 Å². The van der Waals surface area contributed by atoms with Crippen LogP contribution < -0.4 is 16.0 Å². The average molecular weight is 327 g/mol. The Bertz CT molecular complexity index is 523. The Kier molecular flexibility index (Phi) is 5.55. The SMILES string of the molecule is C=CCNC(=O)c1sc(N2CCC(O)CC2)c(SC)c1N. The second-order valence-electron chi connectivity index (χ2n) is 4.90. The van der Waals surface area contributed by atoms with Crippen LogP contribution in [0.15, 0.2) is 17.6 Å². The van der Waals surface area contributed by atoms with Gasteiger partial charge in [-0.2, -0.15) is 0 Å². The summed E-state index contributed by atoms with van der Waals surface area (Å²) in [6.45, 7) is 5.60. The van der Waals surface area contributed by atoms with Crippen molar-refractivity contribution < 1.29 is 9.90 Å². The number of nitrogens with one attached hydrogen (secondary N) is 1. The monoisotopic (exact) mass is 327 g/mol. The predicted octanol–water partition coefficient (Wildman–Crippen LogP) is 1.93. The molecule has 1 aliphatic rings. The number of rotatable bonds is 5. The minimum Gasteiger partial charge on any atom is -0.396 e. The maximum atomic E-state index is 12.1. The van der Waals surface area contributed by atoms with Crippen LogP contribution >= 0.6 is 23.1 Å². The number of nitrogens with two attached hydrogens (primary N) is 1. The zero-order valence-electron chi connectivity index (χ0n) is 12.1. The van der Waals surface area contributed by atoms with Gasteiger partial charge in [-0.05, 0) is 19.1 Å². The number of hydrogen-bond acceptors (Lipinski definition) is 6. The molecule has 4 N–H and O–H groups in total. The van der Waals surface area contributed by atoms with Crippen LogP contribution in [0.4, 0.5) is 10.7 Å². The maximum absolute atomic E-state index is 12.1. The number of nitrogen functional groups attached to an aromatic ring is 1. The third-order valence-corrected chi connectivity index (χ3v) is 5.67. The highest BCUT2D eigenvalue weighted by Gasteiger charge is 2.26. The average Bonchev–Trinajstić information content (AvgIpc) is 2.82. The standard InChI is InChI=1S/C14H21N3O2S2/c1-3-6-16-13(19)11-10(15)12(20-2)14(21-11)17-7-4-9(18)5-8-17/h3,9,18H,1,4-8,15H2,2H3,(H,16,19). The van der Waals surface area contributed by atoms with Gasteiger partial charge in [-0.25, -0.2) is 0 Å². The number of thioether (sulfide) groups is 1. The molecule has 2 heterocycles. The predicted molar refractivity (Wildman–Crippen MR) is 90.5 cm³/mol. The number of aliphatic hydroxyl groups is 1. The van der Waals surface area contributed by atoms with Crippen LogP contribution in [-0.2, 0) is 0 Å². The summed E-state index contributed by atoms with van der Waals surface area (Å²) in [6.07, 6.45) is 4.90. The molecule has 0 aromatic carbocycles. The lowest BCUT2D eigenvalue weighted by atomic mass is 10.1. The first-order chi connectivity index (χ1) is 10.1. The van der Waals surface area contributed by atoms with Crippen LogP contribution in [-0.4, -0.2) is 43.0 Å². The van der Waals surface area contributed by atoms with Crippen LogP contribution in [0, 0.1) is 0 Å². The Hall–Kier alpha value is -1.18. The van der Waals surface area contributed by atoms with Gasteiger partial charge in [0.05, 0.1) is 16.7 Å². The van der Waals surface area contributed by atoms with Crippen molar-refractivity contribution in [2.24, 2.45) is 0 Å². The summed E-state index contributed by atoms with van der Waals surface area (Å²) in [4.78, 5) is 15.9. The van der Waals surface area contributed by atoms with E-state index in [0.717, 1.165) is 35.8 Å². The molecule has 1 aromatic rings. The molecule has 1 aromatic heterocycles. The van der Waals surface area contributed by atoms with E-state index in [1.165, 1.54) is 11.3 Å². The van der Waals surface area contributed by atoms with Crippen molar-refractivity contribution in [2.75, 3.05) is 36.5 Å². The highest BCUT2D eigenvalue weighted by Crippen LogP contribution is 2.44. The fraction of sp³-hybridized carbons (Fsp3) is 0.500. The third kappa shape index (κ3) is 3.53. The second-order valence-corrected chi connectivity index (χ2v) is 6.72. The van der Waals surface area contributed by atoms with Crippen molar-refractivity contribution >= 4 is 39.7 Å². The van der Waals surface area contributed by atoms with E-state index < -0.39 is 0 Å². The van der Waals surface area contributed by atoms with Crippen molar-refractivity contribution in [1.82, 2.24) is 5.32 Å². The molecule has 116 valence electrons. The Labute approximate surface area is 133 Å². The lowest BCUT2D eigenvalue weighted by Crippen LogP contribution is -2.35. The maximum Gasteiger partial charge on any atom is 0.263 e. The summed E-state index contributed by atoms with van der Waals surface area (Å²) in [5.41, 5.74) is 6.70. The number of amides is 1. The van der Waals surface area contributed by atoms with Crippen molar-refractivity contribution in [3.8, 4) is 0 Å². The van der Waals surface area contributed by atoms with E-state index in [0.29, 0.717) is 17.1 Å². The van der Waals surface area contributed by atoms with E-state index >= 15 is 0 Å². The normalized spacial score (nSPS) is 16.0. The van der Waals surface area contributed by atoms with Crippen LogP contribution in [0.1, 0.15) is 22.5 Å². The highest BCUT2D eigenvalue weighted by atomic mass is 32.2. The Balaban J connectivity index is 2.25. The third-order valence-electron chi connectivity index (χ3n) is 3.45. The molecule has 0 bridgehead atoms. The smallest absolute Gasteiger partial charge is 0.263 e. The molecule has 7 heteroatoms. The first-order valence-corrected chi connectivity index (χ1v) is 8.91. The number of nitrogens with zero attached hydrogens (tertiary/aromatic N) is 1. The quantitative estimate of drug-likeness (QED) is 0.569. The molecule has 1 fully saturated rings. The zero-order chi connectivity index (χ0) is 15.4. The molecule has 0 unspecified atom stereocenters. The van der Waals surface area contributed by atoms with Gasteiger partial charge in [0.15, 0.2) is 0 Å². The van der Waals surface area contributed by atoms with Crippen molar-refractivity contribution in [1.29, 1.82) is 0 Å². The number of anilines is 2. The van der Waals surface area contributed by atoms with E-state index in [9.17, 15) is 9.90 Å². The van der Waals surface area contributed by atoms with Crippen LogP contribution in [0.5, 0.6) is 0 Å². The van der Waals surface area contributed by atoms with Crippen molar-refractivity contribution in [2.45, 2.75) is 23.8 Å². The van der Waals surface area contributed by atoms with Crippen molar-refractivity contribution in [3.63, 3.8) is 0 Å². The van der Waals surface area contributed by atoms with Crippen LogP contribution in [0.25, 0.3) is 0 Å². The number of carbonyl (C=O) groups is 1. The minimum atomic E-state index is -0.216. The highest BCUT2D eigenvalue weighted by molar-refractivity contribution is 7.99.